The molecule has 0 saturated carbocycles. The second kappa shape index (κ2) is 5.95. The van der Waals surface area contributed by atoms with Gasteiger partial charge in [0.15, 0.2) is 9.84 Å². The van der Waals surface area contributed by atoms with Crippen LogP contribution in [0.5, 0.6) is 5.75 Å². The van der Waals surface area contributed by atoms with Crippen LogP contribution in [0.2, 0.25) is 5.02 Å². The molecule has 6 heteroatoms. The number of nitrogen functional groups attached to an aromatic ring is 1. The van der Waals surface area contributed by atoms with Crippen LogP contribution >= 0.6 is 11.6 Å². The van der Waals surface area contributed by atoms with Gasteiger partial charge in [-0.15, -0.1) is 0 Å². The minimum atomic E-state index is -3.50. The summed E-state index contributed by atoms with van der Waals surface area (Å²) in [5.74, 6) is 0.317. The Morgan fingerprint density at radius 1 is 1.19 bits per heavy atom. The second-order valence-corrected chi connectivity index (χ2v) is 7.13. The SMILES string of the molecule is COc1ccc(Cl)cc1CS(=O)(=O)c1ccc(N)cc1C. The van der Waals surface area contributed by atoms with Crippen LogP contribution < -0.4 is 10.5 Å². The number of aryl methyl sites for hydroxylation is 1. The van der Waals surface area contributed by atoms with Gasteiger partial charge in [-0.1, -0.05) is 11.6 Å². The summed E-state index contributed by atoms with van der Waals surface area (Å²) in [6, 6.07) is 9.66. The molecule has 2 aromatic carbocycles. The fraction of sp³-hybridized carbons (Fsp3) is 0.200. The average Bonchev–Trinajstić information content (AvgIpc) is 2.37. The van der Waals surface area contributed by atoms with E-state index in [2.05, 4.69) is 0 Å². The molecule has 0 amide bonds. The maximum absolute atomic E-state index is 12.6. The van der Waals surface area contributed by atoms with Gasteiger partial charge in [0.2, 0.25) is 0 Å². The van der Waals surface area contributed by atoms with Crippen molar-refractivity contribution in [2.24, 2.45) is 0 Å². The molecular weight excluding hydrogens is 310 g/mol. The first kappa shape index (κ1) is 15.7. The monoisotopic (exact) mass is 325 g/mol. The third kappa shape index (κ3) is 3.49. The third-order valence-corrected chi connectivity index (χ3v) is 5.18. The predicted molar refractivity (Wildman–Crippen MR) is 84.5 cm³/mol. The van der Waals surface area contributed by atoms with E-state index in [9.17, 15) is 8.42 Å². The molecule has 0 aliphatic rings. The summed E-state index contributed by atoms with van der Waals surface area (Å²) >= 11 is 5.93. The van der Waals surface area contributed by atoms with Gasteiger partial charge in [-0.2, -0.15) is 0 Å². The zero-order chi connectivity index (χ0) is 15.6. The molecule has 112 valence electrons. The van der Waals surface area contributed by atoms with E-state index in [1.807, 2.05) is 0 Å². The summed E-state index contributed by atoms with van der Waals surface area (Å²) in [6.45, 7) is 1.72. The molecule has 0 aliphatic carbocycles. The number of methoxy groups -OCH3 is 1. The zero-order valence-corrected chi connectivity index (χ0v) is 13.3. The van der Waals surface area contributed by atoms with Gasteiger partial charge in [0.25, 0.3) is 0 Å². The highest BCUT2D eigenvalue weighted by molar-refractivity contribution is 7.90. The Morgan fingerprint density at radius 3 is 2.52 bits per heavy atom. The predicted octanol–water partition coefficient (Wildman–Crippen LogP) is 3.21. The highest BCUT2D eigenvalue weighted by Crippen LogP contribution is 2.28. The van der Waals surface area contributed by atoms with E-state index >= 15 is 0 Å². The van der Waals surface area contributed by atoms with Crippen molar-refractivity contribution in [3.63, 3.8) is 0 Å². The number of hydrogen-bond donors (Lipinski definition) is 1. The fourth-order valence-corrected chi connectivity index (χ4v) is 3.97. The smallest absolute Gasteiger partial charge is 0.182 e. The van der Waals surface area contributed by atoms with Crippen LogP contribution in [0, 0.1) is 6.92 Å². The Balaban J connectivity index is 2.44. The number of benzene rings is 2. The van der Waals surface area contributed by atoms with E-state index in [0.717, 1.165) is 0 Å². The maximum atomic E-state index is 12.6. The minimum absolute atomic E-state index is 0.179. The van der Waals surface area contributed by atoms with Gasteiger partial charge in [-0.05, 0) is 48.9 Å². The van der Waals surface area contributed by atoms with Gasteiger partial charge in [0.05, 0.1) is 17.8 Å². The Labute approximate surface area is 129 Å². The first-order valence-electron chi connectivity index (χ1n) is 6.25. The Hall–Kier alpha value is -1.72. The molecule has 0 unspecified atom stereocenters. The van der Waals surface area contributed by atoms with Crippen molar-refractivity contribution in [1.82, 2.24) is 0 Å². The van der Waals surface area contributed by atoms with Crippen LogP contribution in [0.15, 0.2) is 41.3 Å². The van der Waals surface area contributed by atoms with Crippen molar-refractivity contribution >= 4 is 27.1 Å². The van der Waals surface area contributed by atoms with Gasteiger partial charge in [-0.25, -0.2) is 8.42 Å². The number of halogens is 1. The number of nitrogens with two attached hydrogens (primary N) is 1. The minimum Gasteiger partial charge on any atom is -0.496 e. The number of anilines is 1. The molecule has 0 aromatic heterocycles. The molecule has 0 radical (unpaired) electrons. The number of rotatable bonds is 4. The topological polar surface area (TPSA) is 69.4 Å². The maximum Gasteiger partial charge on any atom is 0.182 e. The molecule has 0 bridgehead atoms. The highest BCUT2D eigenvalue weighted by Gasteiger charge is 2.20. The summed E-state index contributed by atoms with van der Waals surface area (Å²) < 4.78 is 30.3. The summed E-state index contributed by atoms with van der Waals surface area (Å²) in [5, 5.41) is 0.468. The summed E-state index contributed by atoms with van der Waals surface area (Å²) in [7, 11) is -2.01. The molecule has 0 atom stereocenters. The van der Waals surface area contributed by atoms with E-state index in [0.29, 0.717) is 27.6 Å². The number of sulfone groups is 1. The van der Waals surface area contributed by atoms with Crippen molar-refractivity contribution in [3.05, 3.63) is 52.5 Å². The van der Waals surface area contributed by atoms with Crippen LogP contribution in [-0.4, -0.2) is 15.5 Å². The molecule has 0 aliphatic heterocycles. The van der Waals surface area contributed by atoms with E-state index in [1.165, 1.54) is 13.2 Å². The quantitative estimate of drug-likeness (QED) is 0.876. The molecule has 0 spiro atoms. The Morgan fingerprint density at radius 2 is 1.90 bits per heavy atom. The van der Waals surface area contributed by atoms with Gasteiger partial charge in [0.1, 0.15) is 5.75 Å². The van der Waals surface area contributed by atoms with Crippen LogP contribution in [-0.2, 0) is 15.6 Å². The molecular formula is C15H16ClNO3S. The first-order chi connectivity index (χ1) is 9.83. The van der Waals surface area contributed by atoms with Crippen molar-refractivity contribution < 1.29 is 13.2 Å². The van der Waals surface area contributed by atoms with Gasteiger partial charge in [-0.3, -0.25) is 0 Å². The Bertz CT molecular complexity index is 772. The average molecular weight is 326 g/mol. The molecule has 0 saturated heterocycles. The van der Waals surface area contributed by atoms with E-state index in [1.54, 1.807) is 37.3 Å². The highest BCUT2D eigenvalue weighted by atomic mass is 35.5. The van der Waals surface area contributed by atoms with Crippen LogP contribution in [0.4, 0.5) is 5.69 Å². The standard InChI is InChI=1S/C15H16ClNO3S/c1-10-7-13(17)4-6-15(10)21(18,19)9-11-8-12(16)3-5-14(11)20-2/h3-8H,9,17H2,1-2H3. The zero-order valence-electron chi connectivity index (χ0n) is 11.8. The normalized spacial score (nSPS) is 11.4. The van der Waals surface area contributed by atoms with Crippen LogP contribution in [0.25, 0.3) is 0 Å². The molecule has 0 heterocycles. The summed E-state index contributed by atoms with van der Waals surface area (Å²) in [5.41, 5.74) is 7.34. The van der Waals surface area contributed by atoms with Crippen molar-refractivity contribution in [1.29, 1.82) is 0 Å². The lowest BCUT2D eigenvalue weighted by Gasteiger charge is -2.11. The van der Waals surface area contributed by atoms with Crippen molar-refractivity contribution in [2.45, 2.75) is 17.6 Å². The summed E-state index contributed by atoms with van der Waals surface area (Å²) in [4.78, 5) is 0.263. The third-order valence-electron chi connectivity index (χ3n) is 3.12. The van der Waals surface area contributed by atoms with Crippen molar-refractivity contribution in [3.8, 4) is 5.75 Å². The molecule has 2 rings (SSSR count). The van der Waals surface area contributed by atoms with Crippen molar-refractivity contribution in [2.75, 3.05) is 12.8 Å². The lowest BCUT2D eigenvalue weighted by molar-refractivity contribution is 0.411. The Kier molecular flexibility index (Phi) is 4.44. The molecule has 2 aromatic rings. The van der Waals surface area contributed by atoms with E-state index in [-0.39, 0.29) is 10.6 Å². The lowest BCUT2D eigenvalue weighted by atomic mass is 10.2. The molecule has 0 fully saturated rings. The van der Waals surface area contributed by atoms with E-state index in [4.69, 9.17) is 22.1 Å². The van der Waals surface area contributed by atoms with Crippen LogP contribution in [0.3, 0.4) is 0 Å². The second-order valence-electron chi connectivity index (χ2n) is 4.74. The summed E-state index contributed by atoms with van der Waals surface area (Å²) in [6.07, 6.45) is 0. The lowest BCUT2D eigenvalue weighted by Crippen LogP contribution is -2.08. The molecule has 21 heavy (non-hydrogen) atoms. The largest absolute Gasteiger partial charge is 0.496 e. The number of hydrogen-bond acceptors (Lipinski definition) is 4. The van der Waals surface area contributed by atoms with Gasteiger partial charge < -0.3 is 10.5 Å². The fourth-order valence-electron chi connectivity index (χ4n) is 2.16. The number of ether oxygens (including phenoxy) is 1. The van der Waals surface area contributed by atoms with Gasteiger partial charge >= 0.3 is 0 Å². The van der Waals surface area contributed by atoms with Crippen LogP contribution in [0.1, 0.15) is 11.1 Å². The molecule has 2 N–H and O–H groups in total. The molecule has 4 nitrogen and oxygen atoms in total. The van der Waals surface area contributed by atoms with E-state index < -0.39 is 9.84 Å². The first-order valence-corrected chi connectivity index (χ1v) is 8.28. The van der Waals surface area contributed by atoms with Gasteiger partial charge in [0, 0.05) is 16.3 Å².